The van der Waals surface area contributed by atoms with Crippen LogP contribution in [0.1, 0.15) is 30.4 Å². The molecular weight excluding hydrogens is 428 g/mol. The van der Waals surface area contributed by atoms with Crippen LogP contribution in [0.2, 0.25) is 0 Å². The van der Waals surface area contributed by atoms with Gasteiger partial charge >= 0.3 is 0 Å². The summed E-state index contributed by atoms with van der Waals surface area (Å²) in [7, 11) is 0. The lowest BCUT2D eigenvalue weighted by atomic mass is 9.90. The largest absolute Gasteiger partial charge is 0.482 e. The van der Waals surface area contributed by atoms with Crippen molar-refractivity contribution in [2.24, 2.45) is 5.92 Å². The molecule has 3 aromatic rings. The normalized spacial score (nSPS) is 16.5. The average molecular weight is 457 g/mol. The molecule has 7 nitrogen and oxygen atoms in total. The zero-order chi connectivity index (χ0) is 23.5. The van der Waals surface area contributed by atoms with Crippen LogP contribution in [-0.4, -0.2) is 41.6 Å². The number of nitrogens with one attached hydrogen (secondary N) is 1. The highest BCUT2D eigenvalue weighted by atomic mass is 16.5. The molecule has 7 heteroatoms. The molecule has 34 heavy (non-hydrogen) atoms. The Labute approximate surface area is 198 Å². The van der Waals surface area contributed by atoms with Crippen molar-refractivity contribution in [3.05, 3.63) is 70.0 Å². The maximum Gasteiger partial charge on any atom is 0.262 e. The second-order valence-electron chi connectivity index (χ2n) is 9.20. The Bertz CT molecular complexity index is 1320. The lowest BCUT2D eigenvalue weighted by Gasteiger charge is -2.32. The van der Waals surface area contributed by atoms with Gasteiger partial charge in [0.25, 0.3) is 11.5 Å². The first kappa shape index (κ1) is 22.2. The van der Waals surface area contributed by atoms with Gasteiger partial charge in [-0.2, -0.15) is 5.26 Å². The van der Waals surface area contributed by atoms with Crippen molar-refractivity contribution in [3.8, 4) is 11.8 Å². The van der Waals surface area contributed by atoms with Gasteiger partial charge in [-0.15, -0.1) is 0 Å². The number of fused-ring (bicyclic) bond motifs is 2. The number of ether oxygens (including phenoxy) is 1. The summed E-state index contributed by atoms with van der Waals surface area (Å²) in [5.74, 6) is 1.32. The number of rotatable bonds is 6. The lowest BCUT2D eigenvalue weighted by Crippen LogP contribution is -2.37. The molecule has 2 aliphatic rings. The van der Waals surface area contributed by atoms with Gasteiger partial charge in [-0.05, 0) is 86.0 Å². The van der Waals surface area contributed by atoms with Crippen LogP contribution in [-0.2, 0) is 17.8 Å². The number of nitrogens with zero attached hydrogens (tertiary/aromatic N) is 3. The summed E-state index contributed by atoms with van der Waals surface area (Å²) in [4.78, 5) is 26.5. The Morgan fingerprint density at radius 1 is 1.03 bits per heavy atom. The molecule has 1 N–H and O–H groups in total. The predicted molar refractivity (Wildman–Crippen MR) is 131 cm³/mol. The highest BCUT2D eigenvalue weighted by Crippen LogP contribution is 2.30. The van der Waals surface area contributed by atoms with Crippen LogP contribution in [0.25, 0.3) is 10.9 Å². The van der Waals surface area contributed by atoms with Gasteiger partial charge in [0.1, 0.15) is 5.75 Å². The van der Waals surface area contributed by atoms with Gasteiger partial charge in [0.15, 0.2) is 6.61 Å². The van der Waals surface area contributed by atoms with Gasteiger partial charge in [-0.1, -0.05) is 12.1 Å². The number of carbonyl (C=O) groups excluding carboxylic acids is 1. The molecule has 2 aliphatic heterocycles. The fourth-order valence-electron chi connectivity index (χ4n) is 4.99. The minimum atomic E-state index is -0.103. The minimum Gasteiger partial charge on any atom is -0.482 e. The maximum absolute atomic E-state index is 12.5. The van der Waals surface area contributed by atoms with E-state index in [0.717, 1.165) is 67.7 Å². The molecule has 0 spiro atoms. The van der Waals surface area contributed by atoms with Crippen LogP contribution in [0.3, 0.4) is 0 Å². The fraction of sp³-hybridized carbons (Fsp3) is 0.370. The molecule has 1 saturated heterocycles. The fourth-order valence-corrected chi connectivity index (χ4v) is 4.99. The van der Waals surface area contributed by atoms with Crippen molar-refractivity contribution in [1.29, 1.82) is 5.26 Å². The van der Waals surface area contributed by atoms with E-state index in [1.807, 2.05) is 24.3 Å². The topological polar surface area (TPSA) is 87.4 Å². The van der Waals surface area contributed by atoms with Crippen molar-refractivity contribution in [2.75, 3.05) is 31.6 Å². The summed E-state index contributed by atoms with van der Waals surface area (Å²) in [6.07, 6.45) is 4.41. The lowest BCUT2D eigenvalue weighted by molar-refractivity contribution is -0.118. The van der Waals surface area contributed by atoms with Crippen molar-refractivity contribution in [3.63, 3.8) is 0 Å². The standard InChI is InChI=1S/C27H28N4O3/c28-17-21-3-5-22-6-8-27(33)31(24(22)16-21)14-13-30-11-9-19(10-12-30)1-2-20-4-7-25-23(15-20)29-26(32)18-34-25/h3-8,15-16,19H,1-2,9-14,18H2,(H,29,32). The Morgan fingerprint density at radius 2 is 1.85 bits per heavy atom. The number of aryl methyl sites for hydroxylation is 1. The van der Waals surface area contributed by atoms with Crippen molar-refractivity contribution >= 4 is 22.5 Å². The van der Waals surface area contributed by atoms with E-state index in [9.17, 15) is 14.9 Å². The molecule has 0 radical (unpaired) electrons. The number of pyridine rings is 1. The number of piperidine rings is 1. The van der Waals surface area contributed by atoms with E-state index in [1.54, 1.807) is 22.8 Å². The number of hydrogen-bond acceptors (Lipinski definition) is 5. The van der Waals surface area contributed by atoms with Crippen LogP contribution in [0.4, 0.5) is 5.69 Å². The van der Waals surface area contributed by atoms with Crippen molar-refractivity contribution < 1.29 is 9.53 Å². The maximum atomic E-state index is 12.5. The van der Waals surface area contributed by atoms with Crippen molar-refractivity contribution in [1.82, 2.24) is 9.47 Å². The van der Waals surface area contributed by atoms with Crippen LogP contribution in [0, 0.1) is 17.2 Å². The van der Waals surface area contributed by atoms with Crippen LogP contribution < -0.4 is 15.6 Å². The first-order chi connectivity index (χ1) is 16.6. The third-order valence-electron chi connectivity index (χ3n) is 6.99. The highest BCUT2D eigenvalue weighted by molar-refractivity contribution is 5.95. The second kappa shape index (κ2) is 9.70. The monoisotopic (exact) mass is 456 g/mol. The predicted octanol–water partition coefficient (Wildman–Crippen LogP) is 3.55. The van der Waals surface area contributed by atoms with E-state index < -0.39 is 0 Å². The molecule has 0 saturated carbocycles. The molecule has 1 amide bonds. The number of benzene rings is 2. The molecule has 0 aliphatic carbocycles. The molecule has 1 fully saturated rings. The van der Waals surface area contributed by atoms with E-state index in [2.05, 4.69) is 22.4 Å². The van der Waals surface area contributed by atoms with E-state index in [4.69, 9.17) is 4.74 Å². The molecule has 3 heterocycles. The molecule has 2 aromatic carbocycles. The third kappa shape index (κ3) is 4.82. The Morgan fingerprint density at radius 3 is 2.68 bits per heavy atom. The second-order valence-corrected chi connectivity index (χ2v) is 9.20. The van der Waals surface area contributed by atoms with Crippen molar-refractivity contribution in [2.45, 2.75) is 32.2 Å². The molecule has 0 bridgehead atoms. The Hall–Kier alpha value is -3.63. The number of carbonyl (C=O) groups is 1. The minimum absolute atomic E-state index is 0.0240. The zero-order valence-corrected chi connectivity index (χ0v) is 19.1. The first-order valence-electron chi connectivity index (χ1n) is 11.9. The van der Waals surface area contributed by atoms with Gasteiger partial charge < -0.3 is 19.5 Å². The number of anilines is 1. The van der Waals surface area contributed by atoms with E-state index in [-0.39, 0.29) is 18.1 Å². The Balaban J connectivity index is 1.14. The van der Waals surface area contributed by atoms with Crippen LogP contribution >= 0.6 is 0 Å². The van der Waals surface area contributed by atoms with Gasteiger partial charge in [0, 0.05) is 19.2 Å². The molecular formula is C27H28N4O3. The summed E-state index contributed by atoms with van der Waals surface area (Å²) < 4.78 is 7.23. The molecule has 174 valence electrons. The molecule has 0 atom stereocenters. The first-order valence-corrected chi connectivity index (χ1v) is 11.9. The molecule has 5 rings (SSSR count). The van der Waals surface area contributed by atoms with Gasteiger partial charge in [0.2, 0.25) is 0 Å². The smallest absolute Gasteiger partial charge is 0.262 e. The van der Waals surface area contributed by atoms with Gasteiger partial charge in [0.05, 0.1) is 22.8 Å². The number of likely N-dealkylation sites (tertiary alicyclic amines) is 1. The zero-order valence-electron chi connectivity index (χ0n) is 19.1. The number of amides is 1. The molecule has 0 unspecified atom stereocenters. The van der Waals surface area contributed by atoms with Gasteiger partial charge in [-0.3, -0.25) is 9.59 Å². The van der Waals surface area contributed by atoms with Crippen LogP contribution in [0.15, 0.2) is 53.3 Å². The molecule has 1 aromatic heterocycles. The number of aromatic nitrogens is 1. The number of hydrogen-bond donors (Lipinski definition) is 1. The summed E-state index contributed by atoms with van der Waals surface area (Å²) in [6, 6.07) is 17.2. The van der Waals surface area contributed by atoms with E-state index in [1.165, 1.54) is 5.56 Å². The number of nitriles is 1. The van der Waals surface area contributed by atoms with E-state index in [0.29, 0.717) is 18.0 Å². The third-order valence-corrected chi connectivity index (χ3v) is 6.99. The SMILES string of the molecule is N#Cc1ccc2ccc(=O)n(CCN3CCC(CCc4ccc5c(c4)NC(=O)CO5)CC3)c2c1. The summed E-state index contributed by atoms with van der Waals surface area (Å²) in [5, 5.41) is 13.1. The van der Waals surface area contributed by atoms with Gasteiger partial charge in [-0.25, -0.2) is 0 Å². The Kier molecular flexibility index (Phi) is 6.33. The van der Waals surface area contributed by atoms with E-state index >= 15 is 0 Å². The summed E-state index contributed by atoms with van der Waals surface area (Å²) in [5.41, 5.74) is 3.37. The summed E-state index contributed by atoms with van der Waals surface area (Å²) >= 11 is 0. The average Bonchev–Trinajstić information content (AvgIpc) is 2.87. The quantitative estimate of drug-likeness (QED) is 0.613. The van der Waals surface area contributed by atoms with Crippen LogP contribution in [0.5, 0.6) is 5.75 Å². The summed E-state index contributed by atoms with van der Waals surface area (Å²) in [6.45, 7) is 3.59. The highest BCUT2D eigenvalue weighted by Gasteiger charge is 2.20.